The maximum absolute atomic E-state index is 13.2. The highest BCUT2D eigenvalue weighted by atomic mass is 32.1. The number of nitrogens with zero attached hydrogens (tertiary/aromatic N) is 2. The van der Waals surface area contributed by atoms with E-state index < -0.39 is 29.4 Å². The second kappa shape index (κ2) is 10.5. The topological polar surface area (TPSA) is 99.1 Å². The predicted octanol–water partition coefficient (Wildman–Crippen LogP) is 6.10. The summed E-state index contributed by atoms with van der Waals surface area (Å²) in [4.78, 5) is 35.2. The van der Waals surface area contributed by atoms with Gasteiger partial charge in [-0.1, -0.05) is 65.8 Å². The van der Waals surface area contributed by atoms with Crippen LogP contribution in [0.3, 0.4) is 0 Å². The van der Waals surface area contributed by atoms with Crippen LogP contribution >= 0.6 is 11.3 Å². The number of carbonyl (C=O) groups excluding carboxylic acids is 2. The molecule has 36 heavy (non-hydrogen) atoms. The Bertz CT molecular complexity index is 1190. The van der Waals surface area contributed by atoms with Gasteiger partial charge in [0.15, 0.2) is 11.2 Å². The monoisotopic (exact) mass is 507 g/mol. The maximum atomic E-state index is 13.2. The molecule has 1 aliphatic rings. The van der Waals surface area contributed by atoms with E-state index in [1.54, 1.807) is 33.1 Å². The molecule has 1 N–H and O–H groups in total. The van der Waals surface area contributed by atoms with Gasteiger partial charge in [0.2, 0.25) is 5.60 Å². The van der Waals surface area contributed by atoms with Crippen molar-refractivity contribution < 1.29 is 23.9 Å². The van der Waals surface area contributed by atoms with Gasteiger partial charge in [-0.25, -0.2) is 14.6 Å². The smallest absolute Gasteiger partial charge is 0.413 e. The zero-order valence-corrected chi connectivity index (χ0v) is 21.5. The molecule has 1 amide bonds. The van der Waals surface area contributed by atoms with Crippen molar-refractivity contribution >= 4 is 34.2 Å². The molecule has 8 nitrogen and oxygen atoms in total. The van der Waals surface area contributed by atoms with Gasteiger partial charge < -0.3 is 14.3 Å². The number of ether oxygens (including phenoxy) is 2. The van der Waals surface area contributed by atoms with Crippen molar-refractivity contribution in [2.75, 3.05) is 5.32 Å². The van der Waals surface area contributed by atoms with E-state index in [0.717, 1.165) is 11.1 Å². The zero-order chi connectivity index (χ0) is 25.8. The van der Waals surface area contributed by atoms with Gasteiger partial charge in [0.05, 0.1) is 0 Å². The number of anilines is 1. The number of aromatic nitrogens is 1. The Hall–Kier alpha value is -3.72. The van der Waals surface area contributed by atoms with Gasteiger partial charge in [-0.2, -0.15) is 0 Å². The first-order valence-electron chi connectivity index (χ1n) is 11.6. The van der Waals surface area contributed by atoms with Gasteiger partial charge in [0, 0.05) is 18.2 Å². The summed E-state index contributed by atoms with van der Waals surface area (Å²) in [5.41, 5.74) is 1.03. The minimum Gasteiger partial charge on any atom is -0.450 e. The molecule has 0 unspecified atom stereocenters. The summed E-state index contributed by atoms with van der Waals surface area (Å²) in [5.74, 6) is -0.456. The lowest BCUT2D eigenvalue weighted by Crippen LogP contribution is -2.29. The zero-order valence-electron chi connectivity index (χ0n) is 20.7. The molecule has 0 atom stereocenters. The van der Waals surface area contributed by atoms with Gasteiger partial charge >= 0.3 is 12.1 Å². The van der Waals surface area contributed by atoms with Crippen LogP contribution in [0.25, 0.3) is 0 Å². The van der Waals surface area contributed by atoms with Crippen LogP contribution in [0.4, 0.5) is 9.93 Å². The third-order valence-corrected chi connectivity index (χ3v) is 6.10. The van der Waals surface area contributed by atoms with Crippen molar-refractivity contribution in [1.29, 1.82) is 0 Å². The van der Waals surface area contributed by atoms with Crippen LogP contribution in [0.2, 0.25) is 0 Å². The van der Waals surface area contributed by atoms with Gasteiger partial charge in [0.25, 0.3) is 0 Å². The van der Waals surface area contributed by atoms with Crippen molar-refractivity contribution in [3.05, 3.63) is 82.9 Å². The molecule has 0 bridgehead atoms. The second-order valence-electron chi connectivity index (χ2n) is 9.53. The molecule has 1 heterocycles. The van der Waals surface area contributed by atoms with Crippen LogP contribution in [0, 0.1) is 0 Å². The number of thiazole rings is 1. The lowest BCUT2D eigenvalue weighted by molar-refractivity contribution is -0.164. The maximum Gasteiger partial charge on any atom is 0.413 e. The summed E-state index contributed by atoms with van der Waals surface area (Å²) in [5, 5.41) is 8.90. The number of nitrogens with one attached hydrogen (secondary N) is 1. The number of esters is 1. The van der Waals surface area contributed by atoms with Crippen LogP contribution in [-0.4, -0.2) is 34.0 Å². The van der Waals surface area contributed by atoms with Gasteiger partial charge in [-0.05, 0) is 38.8 Å². The molecule has 3 aromatic rings. The Morgan fingerprint density at radius 3 is 2.14 bits per heavy atom. The Morgan fingerprint density at radius 1 is 1.03 bits per heavy atom. The SMILES string of the molecule is C/C(=N\OC1(C(=O)OC(c2ccccc2)c2ccccc2)CC1)c1csc(NC(=O)OC(C)(C)C)n1. The van der Waals surface area contributed by atoms with Crippen LogP contribution < -0.4 is 5.32 Å². The molecular weight excluding hydrogens is 478 g/mol. The van der Waals surface area contributed by atoms with E-state index >= 15 is 0 Å². The Morgan fingerprint density at radius 2 is 1.61 bits per heavy atom. The van der Waals surface area contributed by atoms with Crippen molar-refractivity contribution in [2.45, 2.75) is 57.8 Å². The number of carbonyl (C=O) groups is 2. The van der Waals surface area contributed by atoms with Gasteiger partial charge in [0.1, 0.15) is 17.0 Å². The standard InChI is InChI=1S/C27H29N3O5S/c1-18(21-17-36-24(28-21)29-25(32)34-26(2,3)4)30-35-27(15-16-27)23(31)33-22(19-11-7-5-8-12-19)20-13-9-6-10-14-20/h5-14,17,22H,15-16H2,1-4H3,(H,28,29,32)/b30-18+. The lowest BCUT2D eigenvalue weighted by atomic mass is 10.0. The highest BCUT2D eigenvalue weighted by molar-refractivity contribution is 7.14. The summed E-state index contributed by atoms with van der Waals surface area (Å²) in [6, 6.07) is 19.2. The van der Waals surface area contributed by atoms with E-state index in [0.29, 0.717) is 29.4 Å². The highest BCUT2D eigenvalue weighted by Gasteiger charge is 2.56. The predicted molar refractivity (Wildman–Crippen MR) is 138 cm³/mol. The average Bonchev–Trinajstić information content (AvgIpc) is 3.51. The first-order valence-corrected chi connectivity index (χ1v) is 12.5. The molecule has 0 saturated heterocycles. The molecular formula is C27H29N3O5S. The number of hydrogen-bond donors (Lipinski definition) is 1. The third kappa shape index (κ3) is 6.48. The Balaban J connectivity index is 1.42. The number of amides is 1. The van der Waals surface area contributed by atoms with Crippen LogP contribution in [0.15, 0.2) is 71.2 Å². The molecule has 0 radical (unpaired) electrons. The van der Waals surface area contributed by atoms with E-state index in [9.17, 15) is 9.59 Å². The molecule has 4 rings (SSSR count). The fourth-order valence-electron chi connectivity index (χ4n) is 3.34. The molecule has 1 fully saturated rings. The summed E-state index contributed by atoms with van der Waals surface area (Å²) < 4.78 is 11.2. The minimum atomic E-state index is -1.11. The summed E-state index contributed by atoms with van der Waals surface area (Å²) >= 11 is 1.24. The number of hydrogen-bond acceptors (Lipinski definition) is 8. The van der Waals surface area contributed by atoms with Crippen molar-refractivity contribution in [3.8, 4) is 0 Å². The fourth-order valence-corrected chi connectivity index (χ4v) is 4.08. The molecule has 2 aromatic carbocycles. The molecule has 188 valence electrons. The second-order valence-corrected chi connectivity index (χ2v) is 10.4. The molecule has 0 aliphatic heterocycles. The average molecular weight is 508 g/mol. The van der Waals surface area contributed by atoms with E-state index in [1.165, 1.54) is 11.3 Å². The van der Waals surface area contributed by atoms with Crippen molar-refractivity contribution in [1.82, 2.24) is 4.98 Å². The van der Waals surface area contributed by atoms with Gasteiger partial charge in [-0.15, -0.1) is 11.3 Å². The molecule has 0 spiro atoms. The summed E-state index contributed by atoms with van der Waals surface area (Å²) in [7, 11) is 0. The van der Waals surface area contributed by atoms with E-state index in [2.05, 4.69) is 15.5 Å². The van der Waals surface area contributed by atoms with Gasteiger partial charge in [-0.3, -0.25) is 5.32 Å². The molecule has 9 heteroatoms. The van der Waals surface area contributed by atoms with Crippen molar-refractivity contribution in [3.63, 3.8) is 0 Å². The molecule has 1 aliphatic carbocycles. The van der Waals surface area contributed by atoms with E-state index in [4.69, 9.17) is 14.3 Å². The minimum absolute atomic E-state index is 0.378. The van der Waals surface area contributed by atoms with Crippen LogP contribution in [0.1, 0.15) is 63.5 Å². The normalized spacial score (nSPS) is 14.8. The first kappa shape index (κ1) is 25.4. The first-order chi connectivity index (χ1) is 17.2. The Kier molecular flexibility index (Phi) is 7.40. The van der Waals surface area contributed by atoms with Crippen LogP contribution in [-0.2, 0) is 19.1 Å². The summed E-state index contributed by atoms with van der Waals surface area (Å²) in [6.45, 7) is 7.09. The largest absolute Gasteiger partial charge is 0.450 e. The molecule has 1 saturated carbocycles. The third-order valence-electron chi connectivity index (χ3n) is 5.35. The lowest BCUT2D eigenvalue weighted by Gasteiger charge is -2.21. The van der Waals surface area contributed by atoms with Crippen LogP contribution in [0.5, 0.6) is 0 Å². The molecule has 1 aromatic heterocycles. The fraction of sp³-hybridized carbons (Fsp3) is 0.333. The van der Waals surface area contributed by atoms with E-state index in [-0.39, 0.29) is 0 Å². The highest BCUT2D eigenvalue weighted by Crippen LogP contribution is 2.43. The Labute approximate surface area is 214 Å². The number of rotatable bonds is 8. The van der Waals surface area contributed by atoms with Crippen molar-refractivity contribution in [2.24, 2.45) is 5.16 Å². The number of benzene rings is 2. The summed E-state index contributed by atoms with van der Waals surface area (Å²) in [6.07, 6.45) is -0.102. The quantitative estimate of drug-likeness (QED) is 0.225. The number of oxime groups is 1. The van der Waals surface area contributed by atoms with E-state index in [1.807, 2.05) is 60.7 Å².